The van der Waals surface area contributed by atoms with Gasteiger partial charge in [-0.1, -0.05) is 37.0 Å². The number of imidazole rings is 1. The second-order valence-corrected chi connectivity index (χ2v) is 5.84. The van der Waals surface area contributed by atoms with E-state index in [1.165, 1.54) is 0 Å². The van der Waals surface area contributed by atoms with Crippen molar-refractivity contribution in [3.63, 3.8) is 0 Å². The number of rotatable bonds is 5. The molecule has 2 N–H and O–H groups in total. The number of unbranched alkanes of at least 4 members (excludes halogenated alkanes) is 1. The highest BCUT2D eigenvalue weighted by Crippen LogP contribution is 2.30. The van der Waals surface area contributed by atoms with Gasteiger partial charge in [0.25, 0.3) is 0 Å². The van der Waals surface area contributed by atoms with E-state index in [1.807, 2.05) is 12.1 Å². The third-order valence-electron chi connectivity index (χ3n) is 3.17. The molecule has 0 atom stereocenters. The maximum atomic E-state index is 6.12. The van der Waals surface area contributed by atoms with Crippen molar-refractivity contribution >= 4 is 34.2 Å². The van der Waals surface area contributed by atoms with Crippen molar-refractivity contribution < 1.29 is 0 Å². The predicted octanol–water partition coefficient (Wildman–Crippen LogP) is 4.21. The Morgan fingerprint density at radius 2 is 1.89 bits per heavy atom. The Bertz CT molecular complexity index is 576. The van der Waals surface area contributed by atoms with Crippen LogP contribution in [0.4, 0.5) is 0 Å². The molecule has 0 unspecified atom stereocenters. The maximum absolute atomic E-state index is 6.12. The molecule has 2 aromatic rings. The van der Waals surface area contributed by atoms with Crippen molar-refractivity contribution in [1.29, 1.82) is 0 Å². The van der Waals surface area contributed by atoms with Crippen LogP contribution in [0.5, 0.6) is 0 Å². The zero-order valence-electron chi connectivity index (χ0n) is 11.3. The molecule has 0 fully saturated rings. The number of aromatic nitrogens is 2. The minimum atomic E-state index is 0.364. The third kappa shape index (κ3) is 3.04. The molecule has 0 aliphatic rings. The molecule has 3 nitrogen and oxygen atoms in total. The quantitative estimate of drug-likeness (QED) is 0.841. The molecule has 0 radical (unpaired) electrons. The summed E-state index contributed by atoms with van der Waals surface area (Å²) in [5.74, 6) is 1.44. The molecular weight excluding hydrogens is 281 g/mol. The summed E-state index contributed by atoms with van der Waals surface area (Å²) in [6.45, 7) is 5.92. The van der Waals surface area contributed by atoms with Crippen LogP contribution in [0.25, 0.3) is 11.0 Å². The molecule has 0 aliphatic carbocycles. The van der Waals surface area contributed by atoms with Gasteiger partial charge in [0.2, 0.25) is 0 Å². The highest BCUT2D eigenvalue weighted by Gasteiger charge is 2.15. The first-order valence-corrected chi connectivity index (χ1v) is 7.35. The number of nitrogens with two attached hydrogens (primary N) is 1. The third-order valence-corrected chi connectivity index (χ3v) is 3.89. The highest BCUT2D eigenvalue weighted by atomic mass is 35.5. The molecule has 0 saturated heterocycles. The number of benzene rings is 1. The van der Waals surface area contributed by atoms with Crippen LogP contribution >= 0.6 is 23.2 Å². The lowest BCUT2D eigenvalue weighted by Crippen LogP contribution is -2.07. The fourth-order valence-corrected chi connectivity index (χ4v) is 2.54. The highest BCUT2D eigenvalue weighted by molar-refractivity contribution is 6.42. The molecule has 0 aliphatic heterocycles. The first-order valence-electron chi connectivity index (χ1n) is 6.59. The SMILES string of the molecule is CC(C)c1nc2cc(Cl)c(Cl)cc2n1CCCCN. The topological polar surface area (TPSA) is 43.8 Å². The predicted molar refractivity (Wildman–Crippen MR) is 82.1 cm³/mol. The van der Waals surface area contributed by atoms with Crippen molar-refractivity contribution in [3.05, 3.63) is 28.0 Å². The number of hydrogen-bond acceptors (Lipinski definition) is 2. The van der Waals surface area contributed by atoms with E-state index in [-0.39, 0.29) is 0 Å². The van der Waals surface area contributed by atoms with Gasteiger partial charge in [0.05, 0.1) is 21.1 Å². The Kier molecular flexibility index (Phi) is 4.71. The molecule has 0 amide bonds. The Hall–Kier alpha value is -0.770. The summed E-state index contributed by atoms with van der Waals surface area (Å²) in [4.78, 5) is 4.68. The standard InChI is InChI=1S/C14H19Cl2N3/c1-9(2)14-18-12-7-10(15)11(16)8-13(12)19(14)6-4-3-5-17/h7-9H,3-6,17H2,1-2H3. The van der Waals surface area contributed by atoms with Gasteiger partial charge in [-0.05, 0) is 31.5 Å². The molecule has 1 aromatic carbocycles. The van der Waals surface area contributed by atoms with Gasteiger partial charge in [-0.2, -0.15) is 0 Å². The summed E-state index contributed by atoms with van der Waals surface area (Å²) in [5, 5.41) is 1.13. The van der Waals surface area contributed by atoms with Crippen LogP contribution in [-0.2, 0) is 6.54 Å². The second kappa shape index (κ2) is 6.12. The fourth-order valence-electron chi connectivity index (χ4n) is 2.23. The molecular formula is C14H19Cl2N3. The summed E-state index contributed by atoms with van der Waals surface area (Å²) in [6, 6.07) is 3.74. The largest absolute Gasteiger partial charge is 0.330 e. The fraction of sp³-hybridized carbons (Fsp3) is 0.500. The van der Waals surface area contributed by atoms with Crippen LogP contribution in [0, 0.1) is 0 Å². The minimum Gasteiger partial charge on any atom is -0.330 e. The Balaban J connectivity index is 2.49. The van der Waals surface area contributed by atoms with E-state index in [9.17, 15) is 0 Å². The van der Waals surface area contributed by atoms with Gasteiger partial charge in [0.15, 0.2) is 0 Å². The van der Waals surface area contributed by atoms with Crippen LogP contribution in [0.3, 0.4) is 0 Å². The van der Waals surface area contributed by atoms with E-state index in [0.717, 1.165) is 42.8 Å². The Morgan fingerprint density at radius 3 is 2.53 bits per heavy atom. The van der Waals surface area contributed by atoms with Gasteiger partial charge in [-0.25, -0.2) is 4.98 Å². The molecule has 19 heavy (non-hydrogen) atoms. The normalized spacial score (nSPS) is 11.7. The van der Waals surface area contributed by atoms with Crippen molar-refractivity contribution in [1.82, 2.24) is 9.55 Å². The summed E-state index contributed by atoms with van der Waals surface area (Å²) in [6.07, 6.45) is 2.06. The Morgan fingerprint density at radius 1 is 1.21 bits per heavy atom. The minimum absolute atomic E-state index is 0.364. The lowest BCUT2D eigenvalue weighted by Gasteiger charge is -2.11. The zero-order valence-corrected chi connectivity index (χ0v) is 12.8. The molecule has 5 heteroatoms. The lowest BCUT2D eigenvalue weighted by atomic mass is 10.2. The smallest absolute Gasteiger partial charge is 0.112 e. The van der Waals surface area contributed by atoms with Crippen LogP contribution in [0.1, 0.15) is 38.4 Å². The van der Waals surface area contributed by atoms with E-state index in [0.29, 0.717) is 16.0 Å². The molecule has 1 heterocycles. The summed E-state index contributed by atoms with van der Waals surface area (Å²) in [7, 11) is 0. The zero-order chi connectivity index (χ0) is 14.0. The molecule has 0 saturated carbocycles. The van der Waals surface area contributed by atoms with Crippen molar-refractivity contribution in [2.24, 2.45) is 5.73 Å². The second-order valence-electron chi connectivity index (χ2n) is 5.03. The molecule has 104 valence electrons. The van der Waals surface area contributed by atoms with Crippen molar-refractivity contribution in [2.45, 2.75) is 39.2 Å². The first kappa shape index (κ1) is 14.6. The van der Waals surface area contributed by atoms with E-state index >= 15 is 0 Å². The Labute approximate surface area is 123 Å². The number of aryl methyl sites for hydroxylation is 1. The molecule has 2 rings (SSSR count). The molecule has 1 aromatic heterocycles. The number of nitrogens with zero attached hydrogens (tertiary/aromatic N) is 2. The number of halogens is 2. The van der Waals surface area contributed by atoms with Crippen LogP contribution in [0.2, 0.25) is 10.0 Å². The monoisotopic (exact) mass is 299 g/mol. The average molecular weight is 300 g/mol. The van der Waals surface area contributed by atoms with E-state index < -0.39 is 0 Å². The van der Waals surface area contributed by atoms with E-state index in [4.69, 9.17) is 28.9 Å². The molecule has 0 spiro atoms. The average Bonchev–Trinajstić information content (AvgIpc) is 2.69. The van der Waals surface area contributed by atoms with Crippen molar-refractivity contribution in [2.75, 3.05) is 6.54 Å². The summed E-state index contributed by atoms with van der Waals surface area (Å²) in [5.41, 5.74) is 7.52. The van der Waals surface area contributed by atoms with Gasteiger partial charge in [-0.3, -0.25) is 0 Å². The van der Waals surface area contributed by atoms with Crippen molar-refractivity contribution in [3.8, 4) is 0 Å². The number of fused-ring (bicyclic) bond motifs is 1. The maximum Gasteiger partial charge on any atom is 0.112 e. The summed E-state index contributed by atoms with van der Waals surface area (Å²) < 4.78 is 2.23. The number of hydrogen-bond donors (Lipinski definition) is 1. The van der Waals surface area contributed by atoms with Crippen LogP contribution < -0.4 is 5.73 Å². The van der Waals surface area contributed by atoms with Crippen LogP contribution in [-0.4, -0.2) is 16.1 Å². The van der Waals surface area contributed by atoms with E-state index in [2.05, 4.69) is 23.4 Å². The molecule has 0 bridgehead atoms. The first-order chi connectivity index (χ1) is 9.04. The van der Waals surface area contributed by atoms with Crippen LogP contribution in [0.15, 0.2) is 12.1 Å². The van der Waals surface area contributed by atoms with E-state index in [1.54, 1.807) is 0 Å². The van der Waals surface area contributed by atoms with Gasteiger partial charge in [0, 0.05) is 12.5 Å². The van der Waals surface area contributed by atoms with Gasteiger partial charge >= 0.3 is 0 Å². The van der Waals surface area contributed by atoms with Gasteiger partial charge in [-0.15, -0.1) is 0 Å². The van der Waals surface area contributed by atoms with Gasteiger partial charge in [0.1, 0.15) is 5.82 Å². The summed E-state index contributed by atoms with van der Waals surface area (Å²) >= 11 is 12.2. The lowest BCUT2D eigenvalue weighted by molar-refractivity contribution is 0.585. The van der Waals surface area contributed by atoms with Gasteiger partial charge < -0.3 is 10.3 Å².